The van der Waals surface area contributed by atoms with E-state index in [1.807, 2.05) is 61.4 Å². The van der Waals surface area contributed by atoms with Gasteiger partial charge in [0.1, 0.15) is 24.7 Å². The van der Waals surface area contributed by atoms with Gasteiger partial charge in [0, 0.05) is 23.0 Å². The highest BCUT2D eigenvalue weighted by Gasteiger charge is 2.34. The molecule has 0 fully saturated rings. The summed E-state index contributed by atoms with van der Waals surface area (Å²) < 4.78 is 19.3. The summed E-state index contributed by atoms with van der Waals surface area (Å²) in [5, 5.41) is 2.04. The number of nitrogens with zero attached hydrogens (tertiary/aromatic N) is 2. The minimum atomic E-state index is -0.324. The first-order valence-electron chi connectivity index (χ1n) is 12.0. The van der Waals surface area contributed by atoms with Crippen LogP contribution in [0.2, 0.25) is 0 Å². The van der Waals surface area contributed by atoms with E-state index in [0.717, 1.165) is 24.0 Å². The normalized spacial score (nSPS) is 15.9. The zero-order valence-electron chi connectivity index (χ0n) is 20.4. The molecule has 0 aliphatic carbocycles. The summed E-state index contributed by atoms with van der Waals surface area (Å²) in [5.74, 6) is 0.00226. The Balaban J connectivity index is 1.55. The Morgan fingerprint density at radius 2 is 1.91 bits per heavy atom. The highest BCUT2D eigenvalue weighted by Crippen LogP contribution is 2.34. The van der Waals surface area contributed by atoms with Gasteiger partial charge in [-0.15, -0.1) is 11.3 Å². The van der Waals surface area contributed by atoms with Crippen molar-refractivity contribution in [1.82, 2.24) is 9.80 Å². The van der Waals surface area contributed by atoms with Gasteiger partial charge in [-0.1, -0.05) is 25.1 Å². The monoisotopic (exact) mass is 494 g/mol. The van der Waals surface area contributed by atoms with Gasteiger partial charge in [-0.25, -0.2) is 4.39 Å². The largest absolute Gasteiger partial charge is 0.491 e. The van der Waals surface area contributed by atoms with E-state index in [2.05, 4.69) is 0 Å². The number of carbonyl (C=O) groups is 2. The number of hydrogen-bond acceptors (Lipinski definition) is 4. The highest BCUT2D eigenvalue weighted by molar-refractivity contribution is 7.10. The van der Waals surface area contributed by atoms with Crippen LogP contribution in [0.3, 0.4) is 0 Å². The predicted octanol–water partition coefficient (Wildman–Crippen LogP) is 5.64. The van der Waals surface area contributed by atoms with Crippen molar-refractivity contribution in [2.75, 3.05) is 19.7 Å². The summed E-state index contributed by atoms with van der Waals surface area (Å²) >= 11 is 1.69. The van der Waals surface area contributed by atoms with Crippen LogP contribution in [0.25, 0.3) is 0 Å². The molecule has 3 aromatic rings. The van der Waals surface area contributed by atoms with Crippen LogP contribution >= 0.6 is 11.3 Å². The van der Waals surface area contributed by atoms with Gasteiger partial charge in [-0.3, -0.25) is 9.59 Å². The van der Waals surface area contributed by atoms with Crippen LogP contribution < -0.4 is 4.74 Å². The second-order valence-corrected chi connectivity index (χ2v) is 9.92. The number of carbonyl (C=O) groups excluding carboxylic acids is 2. The van der Waals surface area contributed by atoms with Crippen LogP contribution in [-0.2, 0) is 11.2 Å². The van der Waals surface area contributed by atoms with Gasteiger partial charge in [0.2, 0.25) is 5.91 Å². The molecule has 0 unspecified atom stereocenters. The zero-order chi connectivity index (χ0) is 24.9. The van der Waals surface area contributed by atoms with Gasteiger partial charge in [0.05, 0.1) is 6.04 Å². The molecule has 184 valence electrons. The topological polar surface area (TPSA) is 49.9 Å². The Morgan fingerprint density at radius 3 is 2.63 bits per heavy atom. The van der Waals surface area contributed by atoms with Gasteiger partial charge >= 0.3 is 0 Å². The summed E-state index contributed by atoms with van der Waals surface area (Å²) in [5.41, 5.74) is 2.59. The van der Waals surface area contributed by atoms with Crippen LogP contribution in [-0.4, -0.2) is 47.4 Å². The lowest BCUT2D eigenvalue weighted by Crippen LogP contribution is -2.50. The summed E-state index contributed by atoms with van der Waals surface area (Å²) in [4.78, 5) is 31.9. The molecule has 2 amide bonds. The molecule has 2 aromatic carbocycles. The molecule has 0 N–H and O–H groups in total. The van der Waals surface area contributed by atoms with Crippen molar-refractivity contribution in [2.45, 2.75) is 45.7 Å². The third-order valence-corrected chi connectivity index (χ3v) is 7.70. The fraction of sp³-hybridized carbons (Fsp3) is 0.357. The Bertz CT molecular complexity index is 1180. The van der Waals surface area contributed by atoms with E-state index < -0.39 is 0 Å². The fourth-order valence-electron chi connectivity index (χ4n) is 4.43. The van der Waals surface area contributed by atoms with Crippen LogP contribution in [0.4, 0.5) is 4.39 Å². The zero-order valence-corrected chi connectivity index (χ0v) is 21.2. The number of thiophene rings is 1. The Morgan fingerprint density at radius 1 is 1.17 bits per heavy atom. The van der Waals surface area contributed by atoms with E-state index in [1.54, 1.807) is 28.4 Å². The average Bonchev–Trinajstić information content (AvgIpc) is 3.35. The molecule has 2 atom stereocenters. The van der Waals surface area contributed by atoms with Crippen molar-refractivity contribution in [3.05, 3.63) is 87.4 Å². The van der Waals surface area contributed by atoms with Gasteiger partial charge in [0.25, 0.3) is 5.91 Å². The quantitative estimate of drug-likeness (QED) is 0.407. The molecule has 35 heavy (non-hydrogen) atoms. The van der Waals surface area contributed by atoms with Crippen LogP contribution in [0, 0.1) is 12.7 Å². The third-order valence-electron chi connectivity index (χ3n) is 6.70. The van der Waals surface area contributed by atoms with Gasteiger partial charge < -0.3 is 14.5 Å². The number of rotatable bonds is 8. The first-order valence-corrected chi connectivity index (χ1v) is 12.9. The van der Waals surface area contributed by atoms with Crippen molar-refractivity contribution in [2.24, 2.45) is 0 Å². The molecule has 5 nitrogen and oxygen atoms in total. The SMILES string of the molecule is CC[C@@H](C)N(CC(=O)N1CCc2sccc2[C@@H]1COc1ccc(F)cc1)C(=O)c1ccccc1C. The molecular weight excluding hydrogens is 463 g/mol. The minimum Gasteiger partial charge on any atom is -0.491 e. The molecule has 1 aliphatic rings. The maximum atomic E-state index is 13.7. The van der Waals surface area contributed by atoms with Crippen molar-refractivity contribution < 1.29 is 18.7 Å². The molecule has 0 saturated carbocycles. The number of ether oxygens (including phenoxy) is 1. The second kappa shape index (κ2) is 11.0. The summed E-state index contributed by atoms with van der Waals surface area (Å²) in [6, 6.07) is 15.1. The molecule has 4 rings (SSSR count). The molecule has 1 aliphatic heterocycles. The van der Waals surface area contributed by atoms with Crippen LogP contribution in [0.5, 0.6) is 5.75 Å². The van der Waals surface area contributed by atoms with Gasteiger partial charge in [-0.2, -0.15) is 0 Å². The number of halogens is 1. The maximum Gasteiger partial charge on any atom is 0.254 e. The van der Waals surface area contributed by atoms with E-state index in [4.69, 9.17) is 4.74 Å². The number of fused-ring (bicyclic) bond motifs is 1. The van der Waals surface area contributed by atoms with E-state index >= 15 is 0 Å². The Kier molecular flexibility index (Phi) is 7.86. The molecule has 0 saturated heterocycles. The van der Waals surface area contributed by atoms with Crippen LogP contribution in [0.1, 0.15) is 52.7 Å². The van der Waals surface area contributed by atoms with E-state index in [1.165, 1.54) is 17.0 Å². The van der Waals surface area contributed by atoms with Crippen molar-refractivity contribution >= 4 is 23.2 Å². The number of amides is 2. The average molecular weight is 495 g/mol. The second-order valence-electron chi connectivity index (χ2n) is 8.92. The first kappa shape index (κ1) is 24.9. The van der Waals surface area contributed by atoms with Crippen molar-refractivity contribution in [1.29, 1.82) is 0 Å². The lowest BCUT2D eigenvalue weighted by molar-refractivity contribution is -0.136. The molecule has 2 heterocycles. The standard InChI is InChI=1S/C28H31FN2O3S/c1-4-20(3)31(28(33)23-8-6-5-7-19(23)2)17-27(32)30-15-13-26-24(14-16-35-26)25(30)18-34-22-11-9-21(29)10-12-22/h5-12,14,16,20,25H,4,13,15,17-18H2,1-3H3/t20-,25+/m1/s1. The number of benzene rings is 2. The molecule has 1 aromatic heterocycles. The van der Waals surface area contributed by atoms with Crippen molar-refractivity contribution in [3.63, 3.8) is 0 Å². The lowest BCUT2D eigenvalue weighted by Gasteiger charge is -2.38. The summed E-state index contributed by atoms with van der Waals surface area (Å²) in [6.07, 6.45) is 1.53. The Hall–Kier alpha value is -3.19. The third kappa shape index (κ3) is 5.56. The fourth-order valence-corrected chi connectivity index (χ4v) is 5.36. The minimum absolute atomic E-state index is 0.00862. The highest BCUT2D eigenvalue weighted by atomic mass is 32.1. The molecule has 7 heteroatoms. The van der Waals surface area contributed by atoms with Gasteiger partial charge in [-0.05, 0) is 79.6 Å². The Labute approximate surface area is 210 Å². The smallest absolute Gasteiger partial charge is 0.254 e. The molecule has 0 radical (unpaired) electrons. The lowest BCUT2D eigenvalue weighted by atomic mass is 10.00. The molecule has 0 spiro atoms. The van der Waals surface area contributed by atoms with E-state index in [-0.39, 0.29) is 42.9 Å². The van der Waals surface area contributed by atoms with Gasteiger partial charge in [0.15, 0.2) is 0 Å². The molecule has 0 bridgehead atoms. The predicted molar refractivity (Wildman–Crippen MR) is 136 cm³/mol. The number of aryl methyl sites for hydroxylation is 1. The van der Waals surface area contributed by atoms with Crippen LogP contribution in [0.15, 0.2) is 60.0 Å². The maximum absolute atomic E-state index is 13.7. The summed E-state index contributed by atoms with van der Waals surface area (Å²) in [6.45, 7) is 6.74. The first-order chi connectivity index (χ1) is 16.9. The van der Waals surface area contributed by atoms with E-state index in [0.29, 0.717) is 17.9 Å². The number of hydrogen-bond donors (Lipinski definition) is 0. The van der Waals surface area contributed by atoms with E-state index in [9.17, 15) is 14.0 Å². The molecular formula is C28H31FN2O3S. The summed E-state index contributed by atoms with van der Waals surface area (Å²) in [7, 11) is 0. The van der Waals surface area contributed by atoms with Crippen molar-refractivity contribution in [3.8, 4) is 5.75 Å².